The van der Waals surface area contributed by atoms with Crippen LogP contribution in [0.1, 0.15) is 64.0 Å². The molecule has 0 aliphatic heterocycles. The first-order chi connectivity index (χ1) is 15.4. The first-order valence-corrected chi connectivity index (χ1v) is 10.9. The van der Waals surface area contributed by atoms with Crippen LogP contribution in [0, 0.1) is 18.8 Å². The molecule has 1 heterocycles. The second kappa shape index (κ2) is 12.8. The number of rotatable bonds is 11. The molecular weight excluding hydrogens is 432 g/mol. The van der Waals surface area contributed by atoms with Crippen LogP contribution < -0.4 is 5.32 Å². The highest BCUT2D eigenvalue weighted by Gasteiger charge is 2.32. The highest BCUT2D eigenvalue weighted by atomic mass is 16.6. The van der Waals surface area contributed by atoms with Crippen molar-refractivity contribution in [3.05, 3.63) is 23.5 Å². The maximum Gasteiger partial charge on any atom is 0.332 e. The van der Waals surface area contributed by atoms with Crippen molar-refractivity contribution in [1.29, 1.82) is 0 Å². The van der Waals surface area contributed by atoms with E-state index >= 15 is 0 Å². The van der Waals surface area contributed by atoms with Crippen molar-refractivity contribution in [1.82, 2.24) is 10.3 Å². The molecule has 0 radical (unpaired) electrons. The lowest BCUT2D eigenvalue weighted by molar-refractivity contribution is -0.164. The standard InChI is InChI=1S/C23H34N2O8/c1-8-16(15(7)33-21(28)12(2)3)22(29)31-11-17(23(30)32-13(4)5)25-20(27)18-19(26)14(6)9-10-24-18/h9-10,12-13,15-17,26H,8,11H2,1-7H3,(H,25,27). The fourth-order valence-electron chi connectivity index (χ4n) is 2.79. The van der Waals surface area contributed by atoms with Crippen LogP contribution in [0.5, 0.6) is 5.75 Å². The molecule has 1 amide bonds. The molecule has 0 aliphatic carbocycles. The Hall–Kier alpha value is -3.17. The van der Waals surface area contributed by atoms with E-state index in [1.165, 1.54) is 12.3 Å². The van der Waals surface area contributed by atoms with Gasteiger partial charge >= 0.3 is 17.9 Å². The molecule has 0 spiro atoms. The van der Waals surface area contributed by atoms with Crippen LogP contribution >= 0.6 is 0 Å². The van der Waals surface area contributed by atoms with E-state index in [0.717, 1.165) is 0 Å². The van der Waals surface area contributed by atoms with Gasteiger partial charge in [0.2, 0.25) is 0 Å². The molecule has 33 heavy (non-hydrogen) atoms. The zero-order chi connectivity index (χ0) is 25.3. The predicted octanol–water partition coefficient (Wildman–Crippen LogP) is 2.30. The number of carbonyl (C=O) groups excluding carboxylic acids is 4. The lowest BCUT2D eigenvalue weighted by Gasteiger charge is -2.24. The third-order valence-corrected chi connectivity index (χ3v) is 4.76. The van der Waals surface area contributed by atoms with Crippen molar-refractivity contribution >= 4 is 23.8 Å². The Morgan fingerprint density at radius 1 is 1.03 bits per heavy atom. The molecule has 10 nitrogen and oxygen atoms in total. The molecule has 0 aliphatic rings. The van der Waals surface area contributed by atoms with E-state index in [1.807, 2.05) is 0 Å². The topological polar surface area (TPSA) is 141 Å². The van der Waals surface area contributed by atoms with E-state index < -0.39 is 54.6 Å². The second-order valence-corrected chi connectivity index (χ2v) is 8.28. The van der Waals surface area contributed by atoms with Gasteiger partial charge in [0.15, 0.2) is 11.7 Å². The Morgan fingerprint density at radius 2 is 1.67 bits per heavy atom. The average Bonchev–Trinajstić information content (AvgIpc) is 2.72. The number of aromatic nitrogens is 1. The zero-order valence-electron chi connectivity index (χ0n) is 20.2. The molecule has 0 saturated carbocycles. The van der Waals surface area contributed by atoms with E-state index in [4.69, 9.17) is 14.2 Å². The molecule has 0 aromatic carbocycles. The van der Waals surface area contributed by atoms with Gasteiger partial charge in [0.05, 0.1) is 17.9 Å². The van der Waals surface area contributed by atoms with Gasteiger partial charge in [-0.3, -0.25) is 14.4 Å². The summed E-state index contributed by atoms with van der Waals surface area (Å²) < 4.78 is 15.7. The van der Waals surface area contributed by atoms with Gasteiger partial charge in [-0.25, -0.2) is 9.78 Å². The fourth-order valence-corrected chi connectivity index (χ4v) is 2.79. The van der Waals surface area contributed by atoms with Crippen molar-refractivity contribution in [2.75, 3.05) is 6.61 Å². The van der Waals surface area contributed by atoms with Crippen molar-refractivity contribution in [3.8, 4) is 5.75 Å². The van der Waals surface area contributed by atoms with Crippen LogP contribution in [0.2, 0.25) is 0 Å². The zero-order valence-corrected chi connectivity index (χ0v) is 20.2. The van der Waals surface area contributed by atoms with Gasteiger partial charge in [-0.15, -0.1) is 0 Å². The normalized spacial score (nSPS) is 13.7. The van der Waals surface area contributed by atoms with E-state index in [-0.39, 0.29) is 17.4 Å². The molecule has 3 atom stereocenters. The van der Waals surface area contributed by atoms with Gasteiger partial charge in [-0.1, -0.05) is 20.8 Å². The minimum Gasteiger partial charge on any atom is -0.505 e. The maximum atomic E-state index is 12.6. The second-order valence-electron chi connectivity index (χ2n) is 8.28. The molecule has 184 valence electrons. The smallest absolute Gasteiger partial charge is 0.332 e. The number of nitrogens with zero attached hydrogens (tertiary/aromatic N) is 1. The van der Waals surface area contributed by atoms with Gasteiger partial charge in [0.1, 0.15) is 18.5 Å². The van der Waals surface area contributed by atoms with Crippen LogP contribution in [0.15, 0.2) is 12.3 Å². The summed E-state index contributed by atoms with van der Waals surface area (Å²) in [5, 5.41) is 12.5. The summed E-state index contributed by atoms with van der Waals surface area (Å²) in [7, 11) is 0. The van der Waals surface area contributed by atoms with Crippen LogP contribution in [0.4, 0.5) is 0 Å². The Labute approximate surface area is 194 Å². The van der Waals surface area contributed by atoms with Gasteiger partial charge in [0.25, 0.3) is 5.91 Å². The summed E-state index contributed by atoms with van der Waals surface area (Å²) in [6.07, 6.45) is 0.468. The van der Waals surface area contributed by atoms with Gasteiger partial charge in [0, 0.05) is 6.20 Å². The summed E-state index contributed by atoms with van der Waals surface area (Å²) in [5.74, 6) is -4.20. The Balaban J connectivity index is 2.94. The number of nitrogens with one attached hydrogen (secondary N) is 1. The highest BCUT2D eigenvalue weighted by Crippen LogP contribution is 2.19. The number of ether oxygens (including phenoxy) is 3. The number of pyridine rings is 1. The summed E-state index contributed by atoms with van der Waals surface area (Å²) in [6.45, 7) is 11.1. The number of aryl methyl sites for hydroxylation is 1. The molecule has 0 bridgehead atoms. The molecule has 1 aromatic rings. The first kappa shape index (κ1) is 27.9. The number of hydrogen-bond donors (Lipinski definition) is 2. The molecule has 0 fully saturated rings. The fraction of sp³-hybridized carbons (Fsp3) is 0.609. The van der Waals surface area contributed by atoms with Gasteiger partial charge in [-0.2, -0.15) is 0 Å². The molecule has 1 rings (SSSR count). The minimum atomic E-state index is -1.34. The van der Waals surface area contributed by atoms with Crippen LogP contribution in [0.25, 0.3) is 0 Å². The Morgan fingerprint density at radius 3 is 2.21 bits per heavy atom. The van der Waals surface area contributed by atoms with Crippen molar-refractivity contribution in [2.45, 2.75) is 73.1 Å². The molecular formula is C23H34N2O8. The molecule has 0 saturated heterocycles. The summed E-state index contributed by atoms with van der Waals surface area (Å²) in [5.41, 5.74) is 0.155. The van der Waals surface area contributed by atoms with E-state index in [0.29, 0.717) is 12.0 Å². The lowest BCUT2D eigenvalue weighted by atomic mass is 10.0. The SMILES string of the molecule is CCC(C(=O)OCC(NC(=O)c1nccc(C)c1O)C(=O)OC(C)C)C(C)OC(=O)C(C)C. The van der Waals surface area contributed by atoms with Crippen molar-refractivity contribution in [2.24, 2.45) is 11.8 Å². The van der Waals surface area contributed by atoms with Gasteiger partial charge < -0.3 is 24.6 Å². The number of carbonyl (C=O) groups is 4. The van der Waals surface area contributed by atoms with Crippen LogP contribution in [-0.2, 0) is 28.6 Å². The predicted molar refractivity (Wildman–Crippen MR) is 118 cm³/mol. The summed E-state index contributed by atoms with van der Waals surface area (Å²) in [6, 6.07) is 0.188. The minimum absolute atomic E-state index is 0.274. The molecule has 10 heteroatoms. The first-order valence-electron chi connectivity index (χ1n) is 10.9. The Kier molecular flexibility index (Phi) is 10.8. The quantitative estimate of drug-likeness (QED) is 0.371. The average molecular weight is 467 g/mol. The summed E-state index contributed by atoms with van der Waals surface area (Å²) >= 11 is 0. The van der Waals surface area contributed by atoms with E-state index in [2.05, 4.69) is 10.3 Å². The molecule has 1 aromatic heterocycles. The lowest BCUT2D eigenvalue weighted by Crippen LogP contribution is -2.47. The van der Waals surface area contributed by atoms with Gasteiger partial charge in [-0.05, 0) is 45.7 Å². The number of amides is 1. The number of esters is 3. The highest BCUT2D eigenvalue weighted by molar-refractivity contribution is 5.97. The third kappa shape index (κ3) is 8.36. The largest absolute Gasteiger partial charge is 0.505 e. The van der Waals surface area contributed by atoms with Crippen LogP contribution in [0.3, 0.4) is 0 Å². The monoisotopic (exact) mass is 466 g/mol. The summed E-state index contributed by atoms with van der Waals surface area (Å²) in [4.78, 5) is 53.4. The van der Waals surface area contributed by atoms with Crippen molar-refractivity contribution in [3.63, 3.8) is 0 Å². The number of hydrogen-bond acceptors (Lipinski definition) is 9. The maximum absolute atomic E-state index is 12.6. The van der Waals surface area contributed by atoms with Crippen LogP contribution in [-0.4, -0.2) is 58.8 Å². The Bertz CT molecular complexity index is 853. The van der Waals surface area contributed by atoms with E-state index in [9.17, 15) is 24.3 Å². The third-order valence-electron chi connectivity index (χ3n) is 4.76. The number of aromatic hydroxyl groups is 1. The van der Waals surface area contributed by atoms with Crippen molar-refractivity contribution < 1.29 is 38.5 Å². The van der Waals surface area contributed by atoms with E-state index in [1.54, 1.807) is 48.5 Å². The molecule has 3 unspecified atom stereocenters. The molecule has 2 N–H and O–H groups in total.